The van der Waals surface area contributed by atoms with Crippen LogP contribution in [0.5, 0.6) is 0 Å². The van der Waals surface area contributed by atoms with Crippen molar-refractivity contribution in [3.05, 3.63) is 84.1 Å². The summed E-state index contributed by atoms with van der Waals surface area (Å²) in [5.41, 5.74) is -2.71. The summed E-state index contributed by atoms with van der Waals surface area (Å²) in [5, 5.41) is 19.2. The van der Waals surface area contributed by atoms with Gasteiger partial charge in [0.2, 0.25) is 0 Å². The van der Waals surface area contributed by atoms with Gasteiger partial charge < -0.3 is 38.6 Å². The third kappa shape index (κ3) is 16.9. The van der Waals surface area contributed by atoms with Crippen LogP contribution in [0.2, 0.25) is 0 Å². The van der Waals surface area contributed by atoms with Crippen LogP contribution in [0.3, 0.4) is 0 Å². The molecule has 49 heavy (non-hydrogen) atoms. The fourth-order valence-corrected chi connectivity index (χ4v) is 2.83. The maximum Gasteiger partial charge on any atom is 0.339 e. The van der Waals surface area contributed by atoms with Crippen LogP contribution in [0.25, 0.3) is 0 Å². The van der Waals surface area contributed by atoms with Gasteiger partial charge in [0.15, 0.2) is 12.2 Å². The highest BCUT2D eigenvalue weighted by Crippen LogP contribution is 2.19. The van der Waals surface area contributed by atoms with Crippen LogP contribution < -0.4 is 0 Å². The number of carboxylic acids is 2. The van der Waals surface area contributed by atoms with Crippen molar-refractivity contribution in [3.63, 3.8) is 0 Å². The maximum absolute atomic E-state index is 13.3. The molecule has 0 unspecified atom stereocenters. The quantitative estimate of drug-likeness (QED) is 0.0761. The van der Waals surface area contributed by atoms with Crippen LogP contribution in [0.1, 0.15) is 34.1 Å². The lowest BCUT2D eigenvalue weighted by atomic mass is 10.0. The van der Waals surface area contributed by atoms with Gasteiger partial charge in [-0.15, -0.1) is 0 Å². The fourth-order valence-electron chi connectivity index (χ4n) is 2.83. The highest BCUT2D eigenvalue weighted by Gasteiger charge is 2.28. The minimum absolute atomic E-state index is 0.0115. The first-order valence-corrected chi connectivity index (χ1v) is 14.0. The molecule has 0 aromatic heterocycles. The minimum atomic E-state index is -1.84. The van der Waals surface area contributed by atoms with E-state index in [1.165, 1.54) is 27.7 Å². The van der Waals surface area contributed by atoms with E-state index in [4.69, 9.17) is 28.4 Å². The van der Waals surface area contributed by atoms with E-state index in [0.29, 0.717) is 12.2 Å². The van der Waals surface area contributed by atoms with Crippen LogP contribution in [0.4, 0.5) is 0 Å². The van der Waals surface area contributed by atoms with Crippen LogP contribution in [0.15, 0.2) is 84.1 Å². The summed E-state index contributed by atoms with van der Waals surface area (Å²) in [6, 6.07) is 0. The molecule has 0 aliphatic rings. The van der Waals surface area contributed by atoms with Crippen LogP contribution >= 0.6 is 0 Å². The summed E-state index contributed by atoms with van der Waals surface area (Å²) in [6.07, 6.45) is -2.58. The van der Waals surface area contributed by atoms with E-state index in [-0.39, 0.29) is 22.3 Å². The van der Waals surface area contributed by atoms with E-state index in [9.17, 15) is 48.6 Å². The molecule has 16 heteroatoms. The molecular formula is C33H38O16. The van der Waals surface area contributed by atoms with E-state index < -0.39 is 110 Å². The number of hydrogen-bond acceptors (Lipinski definition) is 14. The fraction of sp³-hybridized carbons (Fsp3) is 0.333. The molecule has 0 aliphatic heterocycles. The van der Waals surface area contributed by atoms with Gasteiger partial charge in [0.05, 0.1) is 23.1 Å². The van der Waals surface area contributed by atoms with Crippen molar-refractivity contribution in [2.24, 2.45) is 0 Å². The molecule has 0 radical (unpaired) electrons. The summed E-state index contributed by atoms with van der Waals surface area (Å²) in [6.45, 7) is 19.6. The number of rotatable bonds is 21. The van der Waals surface area contributed by atoms with Crippen molar-refractivity contribution in [1.29, 1.82) is 0 Å². The molecule has 266 valence electrons. The van der Waals surface area contributed by atoms with E-state index in [2.05, 4.69) is 32.9 Å². The zero-order chi connectivity index (χ0) is 38.0. The molecule has 0 saturated heterocycles. The number of carboxylic acid groups (broad SMARTS) is 2. The molecule has 16 nitrogen and oxygen atoms in total. The lowest BCUT2D eigenvalue weighted by molar-refractivity contribution is -0.163. The first-order valence-electron chi connectivity index (χ1n) is 14.0. The molecule has 0 aromatic rings. The van der Waals surface area contributed by atoms with Gasteiger partial charge in [-0.1, -0.05) is 39.0 Å². The molecule has 2 N–H and O–H groups in total. The largest absolute Gasteiger partial charge is 0.478 e. The number of ether oxygens (including phenoxy) is 6. The van der Waals surface area contributed by atoms with Crippen LogP contribution in [0, 0.1) is 0 Å². The van der Waals surface area contributed by atoms with Crippen LogP contribution in [-0.4, -0.2) is 96.6 Å². The smallest absolute Gasteiger partial charge is 0.339 e. The van der Waals surface area contributed by atoms with E-state index >= 15 is 0 Å². The normalized spacial score (nSPS) is 11.1. The Kier molecular flexibility index (Phi) is 18.3. The van der Waals surface area contributed by atoms with Gasteiger partial charge in [-0.3, -0.25) is 4.79 Å². The first-order chi connectivity index (χ1) is 22.7. The standard InChI is InChI=1S/C33H38O16/c1-17(2)29(39)44-13-22(14-45-30(40)18(3)4)48-26(34)11-10-24(28(37)38)25(12-21(9)27(35)36)33(43)49-23(15-46-31(41)19(5)6)16-47-32(42)20(7)8/h10,12,22-23H,1,3,5,7,9,11,13-16H2,2,4,6,8H3,(H,35,36)(H,37,38)/b24-10+,25-12+. The van der Waals surface area contributed by atoms with Crippen molar-refractivity contribution < 1.29 is 77.0 Å². The van der Waals surface area contributed by atoms with Crippen molar-refractivity contribution in [1.82, 2.24) is 0 Å². The summed E-state index contributed by atoms with van der Waals surface area (Å²) < 4.78 is 30.2. The summed E-state index contributed by atoms with van der Waals surface area (Å²) in [4.78, 5) is 97.2. The maximum atomic E-state index is 13.3. The zero-order valence-corrected chi connectivity index (χ0v) is 27.5. The Hall–Kier alpha value is -6.06. The molecule has 0 atom stereocenters. The number of esters is 6. The average Bonchev–Trinajstić information content (AvgIpc) is 3.01. The Labute approximate surface area is 281 Å². The molecule has 0 bridgehead atoms. The second-order valence-corrected chi connectivity index (χ2v) is 10.2. The van der Waals surface area contributed by atoms with Gasteiger partial charge in [-0.2, -0.15) is 0 Å². The van der Waals surface area contributed by atoms with E-state index in [1.807, 2.05) is 0 Å². The van der Waals surface area contributed by atoms with Gasteiger partial charge in [-0.25, -0.2) is 33.6 Å². The number of aliphatic carboxylic acids is 2. The highest BCUT2D eigenvalue weighted by molar-refractivity contribution is 6.08. The van der Waals surface area contributed by atoms with Gasteiger partial charge in [-0.05, 0) is 33.8 Å². The Balaban J connectivity index is 6.40. The van der Waals surface area contributed by atoms with Crippen molar-refractivity contribution in [3.8, 4) is 0 Å². The number of carbonyl (C=O) groups is 8. The minimum Gasteiger partial charge on any atom is -0.478 e. The van der Waals surface area contributed by atoms with E-state index in [0.717, 1.165) is 0 Å². The highest BCUT2D eigenvalue weighted by atomic mass is 16.6. The number of carbonyl (C=O) groups excluding carboxylic acids is 6. The third-order valence-electron chi connectivity index (χ3n) is 5.37. The molecule has 0 rings (SSSR count). The molecule has 0 aliphatic carbocycles. The molecule has 0 aromatic carbocycles. The summed E-state index contributed by atoms with van der Waals surface area (Å²) in [7, 11) is 0. The predicted molar refractivity (Wildman–Crippen MR) is 168 cm³/mol. The summed E-state index contributed by atoms with van der Waals surface area (Å²) in [5.74, 6) is -9.69. The Morgan fingerprint density at radius 1 is 0.531 bits per heavy atom. The third-order valence-corrected chi connectivity index (χ3v) is 5.37. The molecular weight excluding hydrogens is 652 g/mol. The first kappa shape index (κ1) is 42.9. The summed E-state index contributed by atoms with van der Waals surface area (Å²) >= 11 is 0. The monoisotopic (exact) mass is 690 g/mol. The molecule has 0 amide bonds. The molecule has 0 fully saturated rings. The van der Waals surface area contributed by atoms with Crippen molar-refractivity contribution >= 4 is 47.8 Å². The number of hydrogen-bond donors (Lipinski definition) is 2. The van der Waals surface area contributed by atoms with Gasteiger partial charge >= 0.3 is 47.8 Å². The Bertz CT molecular complexity index is 1430. The molecule has 0 spiro atoms. The SMILES string of the molecule is C=C(C)C(=O)OCC(COC(=O)C(=C)C)OC(=O)C/C=C(C(=O)O)\C(=C/C(=C)C(=O)O)C(=O)OC(COC(=O)C(=C)C)COC(=O)C(=C)C. The topological polar surface area (TPSA) is 232 Å². The average molecular weight is 691 g/mol. The lowest BCUT2D eigenvalue weighted by Crippen LogP contribution is -2.32. The Morgan fingerprint density at radius 3 is 1.18 bits per heavy atom. The van der Waals surface area contributed by atoms with E-state index in [1.54, 1.807) is 0 Å². The predicted octanol–water partition coefficient (Wildman–Crippen LogP) is 2.26. The second kappa shape index (κ2) is 20.9. The molecule has 0 saturated carbocycles. The zero-order valence-electron chi connectivity index (χ0n) is 27.5. The lowest BCUT2D eigenvalue weighted by Gasteiger charge is -2.19. The second-order valence-electron chi connectivity index (χ2n) is 10.2. The van der Waals surface area contributed by atoms with Gasteiger partial charge in [0.1, 0.15) is 26.4 Å². The van der Waals surface area contributed by atoms with Gasteiger partial charge in [0, 0.05) is 22.3 Å². The van der Waals surface area contributed by atoms with Crippen molar-refractivity contribution in [2.75, 3.05) is 26.4 Å². The van der Waals surface area contributed by atoms with Gasteiger partial charge in [0.25, 0.3) is 0 Å². The van der Waals surface area contributed by atoms with Crippen molar-refractivity contribution in [2.45, 2.75) is 46.3 Å². The van der Waals surface area contributed by atoms with Crippen LogP contribution in [-0.2, 0) is 66.8 Å². The molecule has 0 heterocycles. The Morgan fingerprint density at radius 2 is 0.878 bits per heavy atom.